The highest BCUT2D eigenvalue weighted by Crippen LogP contribution is 2.25. The highest BCUT2D eigenvalue weighted by Gasteiger charge is 2.05. The molecule has 0 spiro atoms. The van der Waals surface area contributed by atoms with E-state index in [0.29, 0.717) is 11.3 Å². The molecule has 0 bridgehead atoms. The molecule has 1 heterocycles. The number of ether oxygens (including phenoxy) is 1. The summed E-state index contributed by atoms with van der Waals surface area (Å²) >= 11 is 0. The third-order valence-electron chi connectivity index (χ3n) is 3.18. The molecule has 4 heteroatoms. The van der Waals surface area contributed by atoms with Gasteiger partial charge in [0.2, 0.25) is 0 Å². The predicted molar refractivity (Wildman–Crippen MR) is 79.8 cm³/mol. The quantitative estimate of drug-likeness (QED) is 0.874. The topological polar surface area (TPSA) is 50.0 Å². The van der Waals surface area contributed by atoms with Gasteiger partial charge in [-0.1, -0.05) is 6.92 Å². The van der Waals surface area contributed by atoms with Crippen molar-refractivity contribution >= 4 is 5.69 Å². The Bertz CT molecular complexity index is 610. The van der Waals surface area contributed by atoms with E-state index in [1.165, 1.54) is 5.69 Å². The maximum Gasteiger partial charge on any atom is 0.143 e. The Labute approximate surface area is 119 Å². The van der Waals surface area contributed by atoms with Crippen molar-refractivity contribution in [2.75, 3.05) is 12.4 Å². The van der Waals surface area contributed by atoms with E-state index in [9.17, 15) is 0 Å². The second kappa shape index (κ2) is 6.67. The summed E-state index contributed by atoms with van der Waals surface area (Å²) < 4.78 is 7.55. The van der Waals surface area contributed by atoms with Gasteiger partial charge in [-0.2, -0.15) is 5.26 Å². The second-order valence-corrected chi connectivity index (χ2v) is 4.57. The van der Waals surface area contributed by atoms with Gasteiger partial charge in [0.05, 0.1) is 31.0 Å². The molecular weight excluding hydrogens is 250 g/mol. The molecule has 0 aliphatic rings. The zero-order chi connectivity index (χ0) is 14.4. The van der Waals surface area contributed by atoms with E-state index in [2.05, 4.69) is 41.2 Å². The van der Waals surface area contributed by atoms with Gasteiger partial charge in [0.1, 0.15) is 5.75 Å². The SMILES string of the molecule is CCCn1cccc1CNc1ccc(C#N)cc1OC. The molecule has 1 aromatic carbocycles. The third-order valence-corrected chi connectivity index (χ3v) is 3.18. The van der Waals surface area contributed by atoms with Crippen LogP contribution in [0.5, 0.6) is 5.75 Å². The van der Waals surface area contributed by atoms with Gasteiger partial charge in [0.25, 0.3) is 0 Å². The van der Waals surface area contributed by atoms with Gasteiger partial charge in [0, 0.05) is 24.5 Å². The van der Waals surface area contributed by atoms with Crippen LogP contribution >= 0.6 is 0 Å². The minimum atomic E-state index is 0.599. The Morgan fingerprint density at radius 2 is 2.20 bits per heavy atom. The van der Waals surface area contributed by atoms with Crippen LogP contribution in [0.15, 0.2) is 36.5 Å². The summed E-state index contributed by atoms with van der Waals surface area (Å²) in [5.41, 5.74) is 2.73. The van der Waals surface area contributed by atoms with Crippen molar-refractivity contribution in [2.45, 2.75) is 26.4 Å². The van der Waals surface area contributed by atoms with Gasteiger partial charge < -0.3 is 14.6 Å². The van der Waals surface area contributed by atoms with Crippen LogP contribution in [-0.4, -0.2) is 11.7 Å². The molecule has 1 N–H and O–H groups in total. The molecular formula is C16H19N3O. The van der Waals surface area contributed by atoms with Crippen LogP contribution in [0.4, 0.5) is 5.69 Å². The van der Waals surface area contributed by atoms with Crippen LogP contribution < -0.4 is 10.1 Å². The van der Waals surface area contributed by atoms with E-state index in [0.717, 1.165) is 25.2 Å². The molecule has 104 valence electrons. The molecule has 0 unspecified atom stereocenters. The van der Waals surface area contributed by atoms with Crippen LogP contribution in [0, 0.1) is 11.3 Å². The van der Waals surface area contributed by atoms with E-state index in [1.54, 1.807) is 19.2 Å². The van der Waals surface area contributed by atoms with Gasteiger partial charge in [-0.3, -0.25) is 0 Å². The molecule has 0 fully saturated rings. The molecule has 20 heavy (non-hydrogen) atoms. The maximum atomic E-state index is 8.89. The number of aryl methyl sites for hydroxylation is 1. The van der Waals surface area contributed by atoms with Crippen LogP contribution in [0.25, 0.3) is 0 Å². The molecule has 4 nitrogen and oxygen atoms in total. The molecule has 0 saturated heterocycles. The summed E-state index contributed by atoms with van der Waals surface area (Å²) in [7, 11) is 1.61. The van der Waals surface area contributed by atoms with Crippen LogP contribution in [0.2, 0.25) is 0 Å². The van der Waals surface area contributed by atoms with Crippen molar-refractivity contribution in [1.82, 2.24) is 4.57 Å². The molecule has 0 saturated carbocycles. The predicted octanol–water partition coefficient (Wildman–Crippen LogP) is 3.39. The Morgan fingerprint density at radius 3 is 2.90 bits per heavy atom. The van der Waals surface area contributed by atoms with Crippen molar-refractivity contribution in [3.05, 3.63) is 47.8 Å². The fraction of sp³-hybridized carbons (Fsp3) is 0.312. The minimum absolute atomic E-state index is 0.599. The monoisotopic (exact) mass is 269 g/mol. The number of aromatic nitrogens is 1. The smallest absolute Gasteiger partial charge is 0.143 e. The minimum Gasteiger partial charge on any atom is -0.495 e. The van der Waals surface area contributed by atoms with Gasteiger partial charge in [-0.25, -0.2) is 0 Å². The van der Waals surface area contributed by atoms with E-state index in [-0.39, 0.29) is 0 Å². The number of nitrogens with one attached hydrogen (secondary N) is 1. The lowest BCUT2D eigenvalue weighted by atomic mass is 10.2. The number of benzene rings is 1. The molecule has 0 atom stereocenters. The third kappa shape index (κ3) is 3.12. The molecule has 0 radical (unpaired) electrons. The Kier molecular flexibility index (Phi) is 4.67. The second-order valence-electron chi connectivity index (χ2n) is 4.57. The van der Waals surface area contributed by atoms with Crippen LogP contribution in [0.1, 0.15) is 24.6 Å². The standard InChI is InChI=1S/C16H19N3O/c1-3-8-19-9-4-5-14(19)12-18-15-7-6-13(11-17)10-16(15)20-2/h4-7,9-10,18H,3,8,12H2,1-2H3. The number of anilines is 1. The summed E-state index contributed by atoms with van der Waals surface area (Å²) in [5, 5.41) is 12.3. The largest absolute Gasteiger partial charge is 0.495 e. The molecule has 2 aromatic rings. The van der Waals surface area contributed by atoms with Gasteiger partial charge in [-0.15, -0.1) is 0 Å². The first kappa shape index (κ1) is 14.0. The highest BCUT2D eigenvalue weighted by atomic mass is 16.5. The van der Waals surface area contributed by atoms with Crippen LogP contribution in [-0.2, 0) is 13.1 Å². The van der Waals surface area contributed by atoms with E-state index in [4.69, 9.17) is 10.00 Å². The number of rotatable bonds is 6. The lowest BCUT2D eigenvalue weighted by Gasteiger charge is -2.13. The van der Waals surface area contributed by atoms with Crippen molar-refractivity contribution in [3.63, 3.8) is 0 Å². The van der Waals surface area contributed by atoms with E-state index < -0.39 is 0 Å². The summed E-state index contributed by atoms with van der Waals surface area (Å²) in [4.78, 5) is 0. The highest BCUT2D eigenvalue weighted by molar-refractivity contribution is 5.59. The molecule has 1 aromatic heterocycles. The molecule has 0 aliphatic heterocycles. The van der Waals surface area contributed by atoms with Crippen molar-refractivity contribution < 1.29 is 4.74 Å². The number of hydrogen-bond acceptors (Lipinski definition) is 3. The van der Waals surface area contributed by atoms with Gasteiger partial charge in [0.15, 0.2) is 0 Å². The zero-order valence-corrected chi connectivity index (χ0v) is 11.9. The summed E-state index contributed by atoms with van der Waals surface area (Å²) in [6.07, 6.45) is 3.21. The number of nitrogens with zero attached hydrogens (tertiary/aromatic N) is 2. The summed E-state index contributed by atoms with van der Waals surface area (Å²) in [5.74, 6) is 0.692. The van der Waals surface area contributed by atoms with Crippen LogP contribution in [0.3, 0.4) is 0 Å². The number of hydrogen-bond donors (Lipinski definition) is 1. The molecule has 2 rings (SSSR count). The Morgan fingerprint density at radius 1 is 1.35 bits per heavy atom. The Balaban J connectivity index is 2.10. The number of nitriles is 1. The van der Waals surface area contributed by atoms with Gasteiger partial charge in [-0.05, 0) is 30.7 Å². The normalized spacial score (nSPS) is 10.1. The first-order chi connectivity index (χ1) is 9.78. The van der Waals surface area contributed by atoms with E-state index in [1.807, 2.05) is 6.07 Å². The van der Waals surface area contributed by atoms with Crippen molar-refractivity contribution in [2.24, 2.45) is 0 Å². The maximum absolute atomic E-state index is 8.89. The van der Waals surface area contributed by atoms with Crippen molar-refractivity contribution in [1.29, 1.82) is 5.26 Å². The van der Waals surface area contributed by atoms with Gasteiger partial charge >= 0.3 is 0 Å². The lowest BCUT2D eigenvalue weighted by molar-refractivity contribution is 0.416. The molecule has 0 amide bonds. The summed E-state index contributed by atoms with van der Waals surface area (Å²) in [6, 6.07) is 11.7. The lowest BCUT2D eigenvalue weighted by Crippen LogP contribution is -2.07. The zero-order valence-electron chi connectivity index (χ0n) is 11.9. The average molecular weight is 269 g/mol. The summed E-state index contributed by atoms with van der Waals surface area (Å²) in [6.45, 7) is 3.92. The number of methoxy groups -OCH3 is 1. The first-order valence-electron chi connectivity index (χ1n) is 6.74. The fourth-order valence-electron chi connectivity index (χ4n) is 2.16. The Hall–Kier alpha value is -2.41. The van der Waals surface area contributed by atoms with E-state index >= 15 is 0 Å². The fourth-order valence-corrected chi connectivity index (χ4v) is 2.16. The average Bonchev–Trinajstić information content (AvgIpc) is 2.92. The van der Waals surface area contributed by atoms with Crippen molar-refractivity contribution in [3.8, 4) is 11.8 Å². The molecule has 0 aliphatic carbocycles. The first-order valence-corrected chi connectivity index (χ1v) is 6.74.